The van der Waals surface area contributed by atoms with Gasteiger partial charge < -0.3 is 15.5 Å². The van der Waals surface area contributed by atoms with Crippen molar-refractivity contribution in [2.24, 2.45) is 5.92 Å². The summed E-state index contributed by atoms with van der Waals surface area (Å²) in [5.41, 5.74) is 0.406. The van der Waals surface area contributed by atoms with E-state index in [4.69, 9.17) is 0 Å². The summed E-state index contributed by atoms with van der Waals surface area (Å²) in [6, 6.07) is 4.05. The van der Waals surface area contributed by atoms with E-state index >= 15 is 0 Å². The number of carbonyl (C=O) groups is 2. The van der Waals surface area contributed by atoms with Crippen molar-refractivity contribution in [2.75, 3.05) is 32.5 Å². The molecule has 1 atom stereocenters. The highest BCUT2D eigenvalue weighted by atomic mass is 19.1. The van der Waals surface area contributed by atoms with Gasteiger partial charge in [0, 0.05) is 26.2 Å². The maximum absolute atomic E-state index is 13.7. The third-order valence-electron chi connectivity index (χ3n) is 3.83. The van der Waals surface area contributed by atoms with Gasteiger partial charge in [0.05, 0.1) is 5.56 Å². The lowest BCUT2D eigenvalue weighted by Crippen LogP contribution is -2.23. The van der Waals surface area contributed by atoms with E-state index in [-0.39, 0.29) is 11.5 Å². The number of benzene rings is 1. The molecule has 1 aliphatic rings. The topological polar surface area (TPSA) is 61.4 Å². The Balaban J connectivity index is 1.95. The van der Waals surface area contributed by atoms with E-state index < -0.39 is 11.7 Å². The number of rotatable bonds is 5. The third-order valence-corrected chi connectivity index (χ3v) is 3.83. The molecule has 0 aromatic heterocycles. The largest absolute Gasteiger partial charge is 0.345 e. The van der Waals surface area contributed by atoms with E-state index in [1.807, 2.05) is 0 Å². The SMILES string of the molecule is CN(C)C(=O)c1cc(NC(=O)CCC2CCNC2)ccc1F. The zero-order valence-corrected chi connectivity index (χ0v) is 13.0. The highest BCUT2D eigenvalue weighted by molar-refractivity contribution is 5.97. The van der Waals surface area contributed by atoms with Crippen molar-refractivity contribution < 1.29 is 14.0 Å². The van der Waals surface area contributed by atoms with Crippen LogP contribution >= 0.6 is 0 Å². The second-order valence-corrected chi connectivity index (χ2v) is 5.84. The number of carbonyl (C=O) groups excluding carboxylic acids is 2. The molecule has 5 nitrogen and oxygen atoms in total. The van der Waals surface area contributed by atoms with E-state index in [0.29, 0.717) is 18.0 Å². The Morgan fingerprint density at radius 3 is 2.82 bits per heavy atom. The summed E-state index contributed by atoms with van der Waals surface area (Å²) in [7, 11) is 3.12. The average Bonchev–Trinajstić information content (AvgIpc) is 2.99. The number of amides is 2. The summed E-state index contributed by atoms with van der Waals surface area (Å²) in [5.74, 6) is -0.578. The van der Waals surface area contributed by atoms with Crippen molar-refractivity contribution >= 4 is 17.5 Å². The van der Waals surface area contributed by atoms with Crippen molar-refractivity contribution in [1.82, 2.24) is 10.2 Å². The van der Waals surface area contributed by atoms with Crippen LogP contribution in [-0.4, -0.2) is 43.9 Å². The molecule has 0 radical (unpaired) electrons. The van der Waals surface area contributed by atoms with Crippen molar-refractivity contribution in [3.63, 3.8) is 0 Å². The molecule has 2 N–H and O–H groups in total. The molecule has 0 bridgehead atoms. The standard InChI is InChI=1S/C16H22FN3O2/c1-20(2)16(22)13-9-12(4-5-14(13)17)19-15(21)6-3-11-7-8-18-10-11/h4-5,9,11,18H,3,6-8,10H2,1-2H3,(H,19,21). The molecule has 1 aromatic carbocycles. The highest BCUT2D eigenvalue weighted by Crippen LogP contribution is 2.18. The number of nitrogens with zero attached hydrogens (tertiary/aromatic N) is 1. The second-order valence-electron chi connectivity index (χ2n) is 5.84. The zero-order valence-electron chi connectivity index (χ0n) is 13.0. The number of hydrogen-bond acceptors (Lipinski definition) is 3. The van der Waals surface area contributed by atoms with Gasteiger partial charge in [0.25, 0.3) is 5.91 Å². The predicted octanol–water partition coefficient (Wildman–Crippen LogP) is 1.86. The van der Waals surface area contributed by atoms with Crippen LogP contribution in [-0.2, 0) is 4.79 Å². The lowest BCUT2D eigenvalue weighted by atomic mass is 10.0. The third kappa shape index (κ3) is 4.27. The van der Waals surface area contributed by atoms with Crippen molar-refractivity contribution in [3.8, 4) is 0 Å². The van der Waals surface area contributed by atoms with Crippen LogP contribution in [0, 0.1) is 11.7 Å². The minimum Gasteiger partial charge on any atom is -0.345 e. The van der Waals surface area contributed by atoms with Crippen LogP contribution in [0.15, 0.2) is 18.2 Å². The van der Waals surface area contributed by atoms with Gasteiger partial charge in [-0.1, -0.05) is 0 Å². The first kappa shape index (κ1) is 16.4. The van der Waals surface area contributed by atoms with E-state index in [0.717, 1.165) is 25.9 Å². The summed E-state index contributed by atoms with van der Waals surface area (Å²) in [5, 5.41) is 6.00. The molecular formula is C16H22FN3O2. The monoisotopic (exact) mass is 307 g/mol. The van der Waals surface area contributed by atoms with Gasteiger partial charge in [-0.05, 0) is 50.0 Å². The molecule has 2 amide bonds. The molecular weight excluding hydrogens is 285 g/mol. The Morgan fingerprint density at radius 1 is 1.41 bits per heavy atom. The summed E-state index contributed by atoms with van der Waals surface area (Å²) < 4.78 is 13.7. The molecule has 1 heterocycles. The van der Waals surface area contributed by atoms with Crippen molar-refractivity contribution in [1.29, 1.82) is 0 Å². The van der Waals surface area contributed by atoms with Crippen molar-refractivity contribution in [3.05, 3.63) is 29.6 Å². The minimum atomic E-state index is -0.589. The molecule has 120 valence electrons. The van der Waals surface area contributed by atoms with Gasteiger partial charge in [-0.2, -0.15) is 0 Å². The minimum absolute atomic E-state index is 0.0391. The first-order chi connectivity index (χ1) is 10.5. The second kappa shape index (κ2) is 7.35. The quantitative estimate of drug-likeness (QED) is 0.873. The van der Waals surface area contributed by atoms with Gasteiger partial charge in [-0.25, -0.2) is 4.39 Å². The Morgan fingerprint density at radius 2 is 2.18 bits per heavy atom. The molecule has 6 heteroatoms. The maximum Gasteiger partial charge on any atom is 0.256 e. The Hall–Kier alpha value is -1.95. The zero-order chi connectivity index (χ0) is 16.1. The Bertz CT molecular complexity index is 554. The maximum atomic E-state index is 13.7. The Labute approximate surface area is 129 Å². The van der Waals surface area contributed by atoms with Crippen LogP contribution in [0.3, 0.4) is 0 Å². The fourth-order valence-corrected chi connectivity index (χ4v) is 2.53. The summed E-state index contributed by atoms with van der Waals surface area (Å²) in [4.78, 5) is 25.1. The number of halogens is 1. The number of nitrogens with one attached hydrogen (secondary N) is 2. The van der Waals surface area contributed by atoms with Crippen LogP contribution in [0.5, 0.6) is 0 Å². The summed E-state index contributed by atoms with van der Waals surface area (Å²) in [6.45, 7) is 1.98. The van der Waals surface area contributed by atoms with Crippen molar-refractivity contribution in [2.45, 2.75) is 19.3 Å². The van der Waals surface area contributed by atoms with Gasteiger partial charge in [-0.3, -0.25) is 9.59 Å². The van der Waals surface area contributed by atoms with Crippen LogP contribution in [0.1, 0.15) is 29.6 Å². The molecule has 1 aromatic rings. The van der Waals surface area contributed by atoms with Crippen LogP contribution in [0.4, 0.5) is 10.1 Å². The first-order valence-electron chi connectivity index (χ1n) is 7.49. The van der Waals surface area contributed by atoms with E-state index in [1.165, 1.54) is 23.1 Å². The molecule has 1 aliphatic heterocycles. The van der Waals surface area contributed by atoms with Crippen LogP contribution in [0.25, 0.3) is 0 Å². The molecule has 0 spiro atoms. The van der Waals surface area contributed by atoms with Gasteiger partial charge in [0.1, 0.15) is 5.82 Å². The van der Waals surface area contributed by atoms with E-state index in [1.54, 1.807) is 14.1 Å². The van der Waals surface area contributed by atoms with Gasteiger partial charge in [0.2, 0.25) is 5.91 Å². The van der Waals surface area contributed by atoms with Gasteiger partial charge in [0.15, 0.2) is 0 Å². The summed E-state index contributed by atoms with van der Waals surface area (Å²) in [6.07, 6.45) is 2.37. The number of hydrogen-bond donors (Lipinski definition) is 2. The smallest absolute Gasteiger partial charge is 0.256 e. The fraction of sp³-hybridized carbons (Fsp3) is 0.500. The van der Waals surface area contributed by atoms with Gasteiger partial charge in [-0.15, -0.1) is 0 Å². The van der Waals surface area contributed by atoms with Crippen LogP contribution in [0.2, 0.25) is 0 Å². The highest BCUT2D eigenvalue weighted by Gasteiger charge is 2.17. The molecule has 1 saturated heterocycles. The van der Waals surface area contributed by atoms with E-state index in [2.05, 4.69) is 10.6 Å². The molecule has 1 unspecified atom stereocenters. The molecule has 0 saturated carbocycles. The molecule has 1 fully saturated rings. The summed E-state index contributed by atoms with van der Waals surface area (Å²) >= 11 is 0. The average molecular weight is 307 g/mol. The molecule has 22 heavy (non-hydrogen) atoms. The fourth-order valence-electron chi connectivity index (χ4n) is 2.53. The lowest BCUT2D eigenvalue weighted by Gasteiger charge is -2.13. The number of anilines is 1. The van der Waals surface area contributed by atoms with Gasteiger partial charge >= 0.3 is 0 Å². The van der Waals surface area contributed by atoms with E-state index in [9.17, 15) is 14.0 Å². The first-order valence-corrected chi connectivity index (χ1v) is 7.49. The molecule has 0 aliphatic carbocycles. The predicted molar refractivity (Wildman–Crippen MR) is 83.3 cm³/mol. The Kier molecular flexibility index (Phi) is 5.49. The lowest BCUT2D eigenvalue weighted by molar-refractivity contribution is -0.116. The molecule has 2 rings (SSSR count). The van der Waals surface area contributed by atoms with Crippen LogP contribution < -0.4 is 10.6 Å². The normalized spacial score (nSPS) is 17.3.